The highest BCUT2D eigenvalue weighted by Gasteiger charge is 2.13. The Morgan fingerprint density at radius 1 is 1.33 bits per heavy atom. The van der Waals surface area contributed by atoms with Crippen molar-refractivity contribution in [2.24, 2.45) is 5.92 Å². The van der Waals surface area contributed by atoms with E-state index in [1.165, 1.54) is 37.8 Å². The molecule has 100 valence electrons. The van der Waals surface area contributed by atoms with Crippen molar-refractivity contribution in [2.75, 3.05) is 19.7 Å². The number of hydrogen-bond donors (Lipinski definition) is 1. The Hall–Kier alpha value is -0.800. The molecule has 0 aliphatic heterocycles. The second-order valence-electron chi connectivity index (χ2n) is 4.78. The molecular formula is C14H19ClFNO. The fourth-order valence-electron chi connectivity index (χ4n) is 2.33. The molecule has 2 rings (SSSR count). The van der Waals surface area contributed by atoms with Gasteiger partial charge in [0.1, 0.15) is 18.2 Å². The van der Waals surface area contributed by atoms with Gasteiger partial charge in [-0.1, -0.05) is 24.4 Å². The maximum absolute atomic E-state index is 13.1. The Morgan fingerprint density at radius 3 is 2.83 bits per heavy atom. The molecule has 0 radical (unpaired) electrons. The van der Waals surface area contributed by atoms with Gasteiger partial charge in [-0.25, -0.2) is 4.39 Å². The average molecular weight is 272 g/mol. The second-order valence-corrected chi connectivity index (χ2v) is 5.19. The van der Waals surface area contributed by atoms with Crippen LogP contribution in [0.15, 0.2) is 18.2 Å². The van der Waals surface area contributed by atoms with E-state index in [-0.39, 0.29) is 5.02 Å². The van der Waals surface area contributed by atoms with Crippen LogP contribution in [-0.4, -0.2) is 19.7 Å². The van der Waals surface area contributed by atoms with Crippen molar-refractivity contribution in [1.29, 1.82) is 0 Å². The fraction of sp³-hybridized carbons (Fsp3) is 0.571. The van der Waals surface area contributed by atoms with Crippen molar-refractivity contribution in [1.82, 2.24) is 5.32 Å². The fourth-order valence-corrected chi connectivity index (χ4v) is 2.45. The van der Waals surface area contributed by atoms with E-state index in [2.05, 4.69) is 5.32 Å². The summed E-state index contributed by atoms with van der Waals surface area (Å²) < 4.78 is 18.6. The minimum Gasteiger partial charge on any atom is -0.492 e. The van der Waals surface area contributed by atoms with Gasteiger partial charge in [0.05, 0.1) is 5.02 Å². The molecule has 0 atom stereocenters. The van der Waals surface area contributed by atoms with Crippen LogP contribution in [0.4, 0.5) is 4.39 Å². The molecule has 0 unspecified atom stereocenters. The van der Waals surface area contributed by atoms with Gasteiger partial charge in [-0.3, -0.25) is 0 Å². The van der Waals surface area contributed by atoms with E-state index < -0.39 is 5.82 Å². The van der Waals surface area contributed by atoms with Gasteiger partial charge in [-0.15, -0.1) is 0 Å². The molecule has 2 nitrogen and oxygen atoms in total. The van der Waals surface area contributed by atoms with Crippen molar-refractivity contribution < 1.29 is 9.13 Å². The van der Waals surface area contributed by atoms with Crippen molar-refractivity contribution in [3.8, 4) is 5.75 Å². The topological polar surface area (TPSA) is 21.3 Å². The Morgan fingerprint density at radius 2 is 2.11 bits per heavy atom. The van der Waals surface area contributed by atoms with Gasteiger partial charge in [0.2, 0.25) is 0 Å². The maximum Gasteiger partial charge on any atom is 0.145 e. The summed E-state index contributed by atoms with van der Waals surface area (Å²) in [7, 11) is 0. The summed E-state index contributed by atoms with van der Waals surface area (Å²) in [6, 6.07) is 4.51. The van der Waals surface area contributed by atoms with E-state index in [1.807, 2.05) is 0 Å². The van der Waals surface area contributed by atoms with Gasteiger partial charge in [0.25, 0.3) is 0 Å². The van der Waals surface area contributed by atoms with E-state index >= 15 is 0 Å². The van der Waals surface area contributed by atoms with Crippen LogP contribution in [0.2, 0.25) is 5.02 Å². The van der Waals surface area contributed by atoms with E-state index in [1.54, 1.807) is 6.07 Å². The second kappa shape index (κ2) is 6.95. The SMILES string of the molecule is Fc1cc(OCCNCC2CCCC2)ccc1Cl. The van der Waals surface area contributed by atoms with Crippen LogP contribution < -0.4 is 10.1 Å². The van der Waals surface area contributed by atoms with Gasteiger partial charge < -0.3 is 10.1 Å². The van der Waals surface area contributed by atoms with Crippen molar-refractivity contribution >= 4 is 11.6 Å². The largest absolute Gasteiger partial charge is 0.492 e. The predicted molar refractivity (Wildman–Crippen MR) is 71.7 cm³/mol. The number of rotatable bonds is 6. The molecule has 0 aromatic heterocycles. The lowest BCUT2D eigenvalue weighted by Gasteiger charge is -2.11. The number of nitrogens with one attached hydrogen (secondary N) is 1. The zero-order valence-corrected chi connectivity index (χ0v) is 11.2. The Kier molecular flexibility index (Phi) is 5.26. The lowest BCUT2D eigenvalue weighted by atomic mass is 10.1. The van der Waals surface area contributed by atoms with Crippen LogP contribution in [-0.2, 0) is 0 Å². The third-order valence-electron chi connectivity index (χ3n) is 3.35. The van der Waals surface area contributed by atoms with Crippen LogP contribution in [0, 0.1) is 11.7 Å². The summed E-state index contributed by atoms with van der Waals surface area (Å²) in [5.74, 6) is 0.922. The first-order valence-corrected chi connectivity index (χ1v) is 6.92. The van der Waals surface area contributed by atoms with Crippen molar-refractivity contribution in [2.45, 2.75) is 25.7 Å². The van der Waals surface area contributed by atoms with Crippen molar-refractivity contribution in [3.63, 3.8) is 0 Å². The first-order chi connectivity index (χ1) is 8.75. The van der Waals surface area contributed by atoms with Gasteiger partial charge in [-0.05, 0) is 37.4 Å². The quantitative estimate of drug-likeness (QED) is 0.798. The highest BCUT2D eigenvalue weighted by atomic mass is 35.5. The summed E-state index contributed by atoms with van der Waals surface area (Å²) in [4.78, 5) is 0. The smallest absolute Gasteiger partial charge is 0.145 e. The standard InChI is InChI=1S/C14H19ClFNO/c15-13-6-5-12(9-14(13)16)18-8-7-17-10-11-3-1-2-4-11/h5-6,9,11,17H,1-4,7-8,10H2. The Balaban J connectivity index is 1.61. The first kappa shape index (κ1) is 13.6. The molecule has 0 heterocycles. The Labute approximate surface area is 112 Å². The lowest BCUT2D eigenvalue weighted by Crippen LogP contribution is -2.26. The minimum absolute atomic E-state index is 0.127. The molecule has 1 aliphatic rings. The third-order valence-corrected chi connectivity index (χ3v) is 3.65. The van der Waals surface area contributed by atoms with Gasteiger partial charge in [-0.2, -0.15) is 0 Å². The molecule has 0 saturated heterocycles. The number of halogens is 2. The summed E-state index contributed by atoms with van der Waals surface area (Å²) in [6.07, 6.45) is 5.42. The van der Waals surface area contributed by atoms with Gasteiger partial charge in [0.15, 0.2) is 0 Å². The molecule has 1 saturated carbocycles. The zero-order valence-electron chi connectivity index (χ0n) is 10.4. The first-order valence-electron chi connectivity index (χ1n) is 6.54. The summed E-state index contributed by atoms with van der Waals surface area (Å²) in [6.45, 7) is 2.41. The summed E-state index contributed by atoms with van der Waals surface area (Å²) in [5.41, 5.74) is 0. The van der Waals surface area contributed by atoms with E-state index in [0.717, 1.165) is 19.0 Å². The normalized spacial score (nSPS) is 16.1. The molecule has 1 aromatic rings. The average Bonchev–Trinajstić information content (AvgIpc) is 2.86. The maximum atomic E-state index is 13.1. The molecule has 1 aromatic carbocycles. The predicted octanol–water partition coefficient (Wildman–Crippen LogP) is 3.64. The summed E-state index contributed by atoms with van der Waals surface area (Å²) >= 11 is 5.59. The van der Waals surface area contributed by atoms with Crippen LogP contribution >= 0.6 is 11.6 Å². The summed E-state index contributed by atoms with van der Waals surface area (Å²) in [5, 5.41) is 3.51. The van der Waals surface area contributed by atoms with Crippen LogP contribution in [0.5, 0.6) is 5.75 Å². The molecule has 1 N–H and O–H groups in total. The minimum atomic E-state index is -0.437. The molecule has 1 fully saturated rings. The number of hydrogen-bond acceptors (Lipinski definition) is 2. The third kappa shape index (κ3) is 4.14. The monoisotopic (exact) mass is 271 g/mol. The van der Waals surface area contributed by atoms with E-state index in [9.17, 15) is 4.39 Å². The van der Waals surface area contributed by atoms with E-state index in [4.69, 9.17) is 16.3 Å². The van der Waals surface area contributed by atoms with Gasteiger partial charge >= 0.3 is 0 Å². The molecule has 18 heavy (non-hydrogen) atoms. The molecular weight excluding hydrogens is 253 g/mol. The molecule has 0 spiro atoms. The highest BCUT2D eigenvalue weighted by molar-refractivity contribution is 6.30. The highest BCUT2D eigenvalue weighted by Crippen LogP contribution is 2.23. The van der Waals surface area contributed by atoms with Gasteiger partial charge in [0, 0.05) is 12.6 Å². The molecule has 0 amide bonds. The Bertz CT molecular complexity index is 380. The van der Waals surface area contributed by atoms with E-state index in [0.29, 0.717) is 12.4 Å². The molecule has 4 heteroatoms. The zero-order chi connectivity index (χ0) is 12.8. The van der Waals surface area contributed by atoms with Crippen molar-refractivity contribution in [3.05, 3.63) is 29.0 Å². The van der Waals surface area contributed by atoms with Crippen LogP contribution in [0.3, 0.4) is 0 Å². The molecule has 0 bridgehead atoms. The molecule has 1 aliphatic carbocycles. The van der Waals surface area contributed by atoms with Crippen LogP contribution in [0.1, 0.15) is 25.7 Å². The van der Waals surface area contributed by atoms with Crippen LogP contribution in [0.25, 0.3) is 0 Å². The number of benzene rings is 1. The lowest BCUT2D eigenvalue weighted by molar-refractivity contribution is 0.307. The number of ether oxygens (including phenoxy) is 1.